The van der Waals surface area contributed by atoms with Gasteiger partial charge in [0.1, 0.15) is 0 Å². The molecule has 116 valence electrons. The Balaban J connectivity index is 1.73. The summed E-state index contributed by atoms with van der Waals surface area (Å²) in [5, 5.41) is 3.06. The van der Waals surface area contributed by atoms with Crippen molar-refractivity contribution in [1.82, 2.24) is 15.3 Å². The second kappa shape index (κ2) is 8.87. The van der Waals surface area contributed by atoms with E-state index in [9.17, 15) is 4.79 Å². The van der Waals surface area contributed by atoms with Gasteiger partial charge in [-0.3, -0.25) is 4.79 Å². The van der Waals surface area contributed by atoms with E-state index in [1.54, 1.807) is 24.2 Å². The normalized spacial score (nSPS) is 18.5. The van der Waals surface area contributed by atoms with Crippen molar-refractivity contribution in [3.05, 3.63) is 18.5 Å². The van der Waals surface area contributed by atoms with Crippen LogP contribution in [0, 0.1) is 5.92 Å². The van der Waals surface area contributed by atoms with E-state index in [-0.39, 0.29) is 5.91 Å². The third-order valence-corrected chi connectivity index (χ3v) is 4.69. The quantitative estimate of drug-likeness (QED) is 0.780. The van der Waals surface area contributed by atoms with Gasteiger partial charge >= 0.3 is 0 Å². The predicted molar refractivity (Wildman–Crippen MR) is 87.6 cm³/mol. The highest BCUT2D eigenvalue weighted by Crippen LogP contribution is 2.19. The predicted octanol–water partition coefficient (Wildman–Crippen LogP) is 1.95. The van der Waals surface area contributed by atoms with E-state index in [0.717, 1.165) is 50.6 Å². The van der Waals surface area contributed by atoms with Crippen LogP contribution in [-0.2, 0) is 4.79 Å². The molecule has 5 nitrogen and oxygen atoms in total. The number of carbonyl (C=O) groups excluding carboxylic acids is 1. The molecular weight excluding hydrogens is 284 g/mol. The monoisotopic (exact) mass is 308 g/mol. The fourth-order valence-electron chi connectivity index (χ4n) is 2.49. The van der Waals surface area contributed by atoms with Crippen LogP contribution in [0.25, 0.3) is 0 Å². The highest BCUT2D eigenvalue weighted by molar-refractivity contribution is 7.99. The average molecular weight is 308 g/mol. The lowest BCUT2D eigenvalue weighted by Crippen LogP contribution is -2.42. The Morgan fingerprint density at radius 3 is 3.05 bits per heavy atom. The molecule has 1 N–H and O–H groups in total. The molecule has 1 aliphatic heterocycles. The van der Waals surface area contributed by atoms with Crippen LogP contribution in [-0.4, -0.2) is 47.0 Å². The van der Waals surface area contributed by atoms with E-state index < -0.39 is 0 Å². The number of nitrogens with one attached hydrogen (secondary N) is 1. The topological polar surface area (TPSA) is 58.1 Å². The summed E-state index contributed by atoms with van der Waals surface area (Å²) in [6.45, 7) is 4.81. The number of hydrogen-bond donors (Lipinski definition) is 1. The van der Waals surface area contributed by atoms with E-state index in [4.69, 9.17) is 0 Å². The fourth-order valence-corrected chi connectivity index (χ4v) is 3.21. The van der Waals surface area contributed by atoms with Crippen molar-refractivity contribution in [3.63, 3.8) is 0 Å². The fraction of sp³-hybridized carbons (Fsp3) is 0.667. The minimum atomic E-state index is 0.154. The molecule has 0 aromatic carbocycles. The zero-order valence-corrected chi connectivity index (χ0v) is 13.4. The van der Waals surface area contributed by atoms with Crippen molar-refractivity contribution in [2.45, 2.75) is 26.2 Å². The van der Waals surface area contributed by atoms with Crippen LogP contribution in [0.5, 0.6) is 0 Å². The third kappa shape index (κ3) is 5.53. The molecule has 1 saturated heterocycles. The van der Waals surface area contributed by atoms with Crippen LogP contribution in [0.2, 0.25) is 0 Å². The highest BCUT2D eigenvalue weighted by atomic mass is 32.2. The molecule has 1 fully saturated rings. The third-order valence-electron chi connectivity index (χ3n) is 3.52. The maximum atomic E-state index is 11.7. The second-order valence-corrected chi connectivity index (χ2v) is 6.46. The molecular formula is C15H24N4OS. The van der Waals surface area contributed by atoms with Crippen LogP contribution >= 0.6 is 11.8 Å². The highest BCUT2D eigenvalue weighted by Gasteiger charge is 2.21. The Morgan fingerprint density at radius 1 is 1.48 bits per heavy atom. The summed E-state index contributed by atoms with van der Waals surface area (Å²) in [6.07, 6.45) is 6.96. The van der Waals surface area contributed by atoms with Gasteiger partial charge in [0.25, 0.3) is 0 Å². The lowest BCUT2D eigenvalue weighted by Gasteiger charge is -2.32. The Hall–Kier alpha value is -1.30. The number of carbonyl (C=O) groups is 1. The average Bonchev–Trinajstić information content (AvgIpc) is 2.54. The molecule has 0 saturated carbocycles. The molecule has 1 aromatic heterocycles. The summed E-state index contributed by atoms with van der Waals surface area (Å²) in [7, 11) is 0. The van der Waals surface area contributed by atoms with Gasteiger partial charge in [0.05, 0.1) is 5.75 Å². The van der Waals surface area contributed by atoms with Gasteiger partial charge in [0.15, 0.2) is 0 Å². The zero-order valence-electron chi connectivity index (χ0n) is 12.6. The van der Waals surface area contributed by atoms with Gasteiger partial charge in [-0.2, -0.15) is 11.8 Å². The van der Waals surface area contributed by atoms with E-state index in [2.05, 4.69) is 27.1 Å². The molecule has 0 bridgehead atoms. The van der Waals surface area contributed by atoms with Crippen LogP contribution in [0.3, 0.4) is 0 Å². The van der Waals surface area contributed by atoms with Crippen molar-refractivity contribution in [2.24, 2.45) is 5.92 Å². The van der Waals surface area contributed by atoms with Gasteiger partial charge < -0.3 is 10.2 Å². The lowest BCUT2D eigenvalue weighted by molar-refractivity contribution is -0.118. The van der Waals surface area contributed by atoms with Gasteiger partial charge in [-0.15, -0.1) is 0 Å². The van der Waals surface area contributed by atoms with E-state index >= 15 is 0 Å². The van der Waals surface area contributed by atoms with Crippen molar-refractivity contribution in [2.75, 3.05) is 36.0 Å². The SMILES string of the molecule is CCCSCC(=O)NC[C@@H]1CCCN(c2ncccn2)C1. The molecule has 0 radical (unpaired) electrons. The molecule has 21 heavy (non-hydrogen) atoms. The van der Waals surface area contributed by atoms with E-state index in [0.29, 0.717) is 11.7 Å². The van der Waals surface area contributed by atoms with Crippen molar-refractivity contribution in [3.8, 4) is 0 Å². The standard InChI is InChI=1S/C15H24N4OS/c1-2-9-21-12-14(20)18-10-13-5-3-8-19(11-13)15-16-6-4-7-17-15/h4,6-7,13H,2-3,5,8-12H2,1H3,(H,18,20)/t13-/m0/s1. The smallest absolute Gasteiger partial charge is 0.230 e. The first kappa shape index (κ1) is 16.1. The Morgan fingerprint density at radius 2 is 2.29 bits per heavy atom. The maximum Gasteiger partial charge on any atom is 0.230 e. The second-order valence-electron chi connectivity index (χ2n) is 5.36. The first-order valence-corrected chi connectivity index (χ1v) is 8.81. The van der Waals surface area contributed by atoms with Crippen LogP contribution in [0.4, 0.5) is 5.95 Å². The number of anilines is 1. The molecule has 0 aliphatic carbocycles. The molecule has 1 amide bonds. The Bertz CT molecular complexity index is 429. The number of thioether (sulfide) groups is 1. The van der Waals surface area contributed by atoms with Crippen LogP contribution in [0.15, 0.2) is 18.5 Å². The van der Waals surface area contributed by atoms with Gasteiger partial charge in [-0.25, -0.2) is 9.97 Å². The number of aromatic nitrogens is 2. The molecule has 2 heterocycles. The molecule has 0 spiro atoms. The summed E-state index contributed by atoms with van der Waals surface area (Å²) in [5.74, 6) is 3.07. The maximum absolute atomic E-state index is 11.7. The summed E-state index contributed by atoms with van der Waals surface area (Å²) < 4.78 is 0. The number of nitrogens with zero attached hydrogens (tertiary/aromatic N) is 3. The van der Waals surface area contributed by atoms with Crippen LogP contribution < -0.4 is 10.2 Å². The number of piperidine rings is 1. The summed E-state index contributed by atoms with van der Waals surface area (Å²) in [5.41, 5.74) is 0. The zero-order chi connectivity index (χ0) is 14.9. The number of hydrogen-bond acceptors (Lipinski definition) is 5. The molecule has 0 unspecified atom stereocenters. The minimum absolute atomic E-state index is 0.154. The van der Waals surface area contributed by atoms with Gasteiger partial charge in [-0.05, 0) is 37.0 Å². The largest absolute Gasteiger partial charge is 0.355 e. The van der Waals surface area contributed by atoms with Crippen LogP contribution in [0.1, 0.15) is 26.2 Å². The van der Waals surface area contributed by atoms with Gasteiger partial charge in [0.2, 0.25) is 11.9 Å². The van der Waals surface area contributed by atoms with Crippen molar-refractivity contribution >= 4 is 23.6 Å². The number of amides is 1. The molecule has 1 aromatic rings. The van der Waals surface area contributed by atoms with Crippen molar-refractivity contribution < 1.29 is 4.79 Å². The summed E-state index contributed by atoms with van der Waals surface area (Å²) >= 11 is 1.70. The first-order valence-electron chi connectivity index (χ1n) is 7.66. The lowest BCUT2D eigenvalue weighted by atomic mass is 9.98. The van der Waals surface area contributed by atoms with E-state index in [1.165, 1.54) is 0 Å². The van der Waals surface area contributed by atoms with Gasteiger partial charge in [-0.1, -0.05) is 6.92 Å². The molecule has 1 atom stereocenters. The Kier molecular flexibility index (Phi) is 6.79. The van der Waals surface area contributed by atoms with Gasteiger partial charge in [0, 0.05) is 32.0 Å². The number of rotatable bonds is 7. The summed E-state index contributed by atoms with van der Waals surface area (Å²) in [6, 6.07) is 1.83. The molecule has 1 aliphatic rings. The molecule has 6 heteroatoms. The Labute approximate surface area is 130 Å². The minimum Gasteiger partial charge on any atom is -0.355 e. The van der Waals surface area contributed by atoms with Crippen molar-refractivity contribution in [1.29, 1.82) is 0 Å². The molecule has 2 rings (SSSR count). The van der Waals surface area contributed by atoms with E-state index in [1.807, 2.05) is 6.07 Å². The first-order chi connectivity index (χ1) is 10.3. The summed E-state index contributed by atoms with van der Waals surface area (Å²) in [4.78, 5) is 22.6.